The second kappa shape index (κ2) is 17.9. The fraction of sp³-hybridized carbons (Fsp3) is 0. The van der Waals surface area contributed by atoms with E-state index in [1.165, 1.54) is 0 Å². The van der Waals surface area contributed by atoms with Gasteiger partial charge in [-0.25, -0.2) is 0 Å². The molecular formula is H9BBaSiZn. The maximum atomic E-state index is 0. The maximum absolute atomic E-state index is 0. The molecule has 4 heavy (non-hydrogen) atoms. The van der Waals surface area contributed by atoms with Gasteiger partial charge >= 0.3 is 48.9 Å². The van der Waals surface area contributed by atoms with Crippen molar-refractivity contribution >= 4 is 68.3 Å². The maximum Gasteiger partial charge on any atom is 0 e. The number of hydrogen-bond acceptors (Lipinski definition) is 0. The minimum absolute atomic E-state index is 0. The molecule has 0 rings (SSSR count). The first-order chi connectivity index (χ1) is 0. The molecule has 0 saturated carbocycles. The van der Waals surface area contributed by atoms with E-state index < -0.39 is 0 Å². The van der Waals surface area contributed by atoms with Crippen LogP contribution in [0.2, 0.25) is 0 Å². The van der Waals surface area contributed by atoms with Crippen LogP contribution in [-0.2, 0) is 19.5 Å². The van der Waals surface area contributed by atoms with Crippen LogP contribution in [0.25, 0.3) is 0 Å². The molecule has 0 radical (unpaired) electrons. The summed E-state index contributed by atoms with van der Waals surface area (Å²) in [5.41, 5.74) is 0. The largest absolute Gasteiger partial charge is 0.0149 e. The molecule has 0 N–H and O–H groups in total. The summed E-state index contributed by atoms with van der Waals surface area (Å²) in [5, 5.41) is 0. The molecular weight excluding hydrogens is 242 g/mol. The van der Waals surface area contributed by atoms with Crippen molar-refractivity contribution in [2.75, 3.05) is 0 Å². The van der Waals surface area contributed by atoms with E-state index in [4.69, 9.17) is 0 Å². The Kier molecular flexibility index (Phi) is 142. The van der Waals surface area contributed by atoms with E-state index in [1.54, 1.807) is 0 Å². The Hall–Kier alpha value is 2.48. The van der Waals surface area contributed by atoms with Crippen molar-refractivity contribution in [2.45, 2.75) is 0 Å². The van der Waals surface area contributed by atoms with Crippen molar-refractivity contribution < 1.29 is 19.5 Å². The summed E-state index contributed by atoms with van der Waals surface area (Å²) < 4.78 is 0. The van der Waals surface area contributed by atoms with Gasteiger partial charge < -0.3 is 0 Å². The predicted molar refractivity (Wildman–Crippen MR) is 29.8 cm³/mol. The van der Waals surface area contributed by atoms with Gasteiger partial charge in [-0.05, 0) is 11.0 Å². The molecule has 0 saturated heterocycles. The zero-order valence-electron chi connectivity index (χ0n) is 0.707. The van der Waals surface area contributed by atoms with Crippen LogP contribution < -0.4 is 0 Å². The zero-order valence-corrected chi connectivity index (χ0v) is 3.67. The smallest absolute Gasteiger partial charge is 0 e. The van der Waals surface area contributed by atoms with Gasteiger partial charge in [0, 0.05) is 19.5 Å². The predicted octanol–water partition coefficient (Wildman–Crippen LogP) is -3.55. The van der Waals surface area contributed by atoms with Crippen LogP contribution in [0, 0.1) is 0 Å². The molecule has 0 aliphatic rings. The van der Waals surface area contributed by atoms with Gasteiger partial charge in [0.1, 0.15) is 0 Å². The molecule has 0 spiro atoms. The second-order valence-electron chi connectivity index (χ2n) is 0. The van der Waals surface area contributed by atoms with Gasteiger partial charge in [0.05, 0.1) is 8.41 Å². The molecule has 0 amide bonds. The van der Waals surface area contributed by atoms with Crippen LogP contribution in [0.15, 0.2) is 0 Å². The van der Waals surface area contributed by atoms with Gasteiger partial charge in [-0.2, -0.15) is 0 Å². The molecule has 0 heterocycles. The normalized spacial score (nSPS) is 0. The van der Waals surface area contributed by atoms with Crippen molar-refractivity contribution in [2.24, 2.45) is 0 Å². The molecule has 0 aromatic rings. The number of rotatable bonds is 0. The van der Waals surface area contributed by atoms with E-state index in [0.29, 0.717) is 0 Å². The van der Waals surface area contributed by atoms with Gasteiger partial charge in [-0.3, -0.25) is 0 Å². The second-order valence-corrected chi connectivity index (χ2v) is 0. The Balaban J connectivity index is 0. The van der Waals surface area contributed by atoms with Crippen LogP contribution >= 0.6 is 0 Å². The Morgan fingerprint density at radius 3 is 1.00 bits per heavy atom. The van der Waals surface area contributed by atoms with Crippen LogP contribution in [0.1, 0.15) is 0 Å². The van der Waals surface area contributed by atoms with Crippen LogP contribution in [0.3, 0.4) is 0 Å². The number of hydrogen-bond donors (Lipinski definition) is 0. The van der Waals surface area contributed by atoms with Gasteiger partial charge in [0.25, 0.3) is 0 Å². The topological polar surface area (TPSA) is 0 Å². The molecule has 0 aromatic heterocycles. The van der Waals surface area contributed by atoms with Gasteiger partial charge in [-0.15, -0.1) is 0 Å². The molecule has 0 nitrogen and oxygen atoms in total. The third kappa shape index (κ3) is 8.82. The van der Waals surface area contributed by atoms with E-state index in [0.717, 1.165) is 0 Å². The third-order valence-electron chi connectivity index (χ3n) is 0. The monoisotopic (exact) mass is 250 g/mol. The van der Waals surface area contributed by atoms with Crippen molar-refractivity contribution in [3.63, 3.8) is 0 Å². The van der Waals surface area contributed by atoms with Crippen molar-refractivity contribution in [1.29, 1.82) is 0 Å². The first kappa shape index (κ1) is 31.7. The Morgan fingerprint density at radius 2 is 1.00 bits per heavy atom. The minimum atomic E-state index is 0. The molecule has 0 unspecified atom stereocenters. The Bertz CT molecular complexity index is 8.00. The third-order valence-corrected chi connectivity index (χ3v) is 0. The summed E-state index contributed by atoms with van der Waals surface area (Å²) in [6.45, 7) is 0. The standard InChI is InChI=1S/BH3.Ba.H4Si.Zn.2H/h1H3;;1H4;;;. The van der Waals surface area contributed by atoms with Crippen LogP contribution in [0.4, 0.5) is 0 Å². The minimum Gasteiger partial charge on any atom is -0.0149 e. The molecule has 0 fully saturated rings. The fourth-order valence-electron chi connectivity index (χ4n) is 0. The van der Waals surface area contributed by atoms with Crippen LogP contribution in [-0.4, -0.2) is 68.3 Å². The SMILES string of the molecule is B.[BaH2].[SiH4].[Zn]. The average molecular weight is 251 g/mol. The molecule has 4 heteroatoms. The molecule has 0 aromatic carbocycles. The zero-order chi connectivity index (χ0) is 0. The summed E-state index contributed by atoms with van der Waals surface area (Å²) >= 11 is 0. The van der Waals surface area contributed by atoms with E-state index in [2.05, 4.69) is 0 Å². The summed E-state index contributed by atoms with van der Waals surface area (Å²) in [4.78, 5) is 0. The Labute approximate surface area is 85.9 Å². The van der Waals surface area contributed by atoms with Gasteiger partial charge in [-0.1, -0.05) is 0 Å². The summed E-state index contributed by atoms with van der Waals surface area (Å²) in [6.07, 6.45) is 0. The average Bonchev–Trinajstić information content (AvgIpc) is 0. The van der Waals surface area contributed by atoms with Crippen molar-refractivity contribution in [3.05, 3.63) is 0 Å². The summed E-state index contributed by atoms with van der Waals surface area (Å²) in [7, 11) is 0. The molecule has 20 valence electrons. The van der Waals surface area contributed by atoms with E-state index in [1.807, 2.05) is 0 Å². The summed E-state index contributed by atoms with van der Waals surface area (Å²) in [6, 6.07) is 0. The molecule has 0 aliphatic carbocycles. The van der Waals surface area contributed by atoms with E-state index in [9.17, 15) is 0 Å². The molecule has 0 atom stereocenters. The van der Waals surface area contributed by atoms with Crippen LogP contribution in [0.5, 0.6) is 0 Å². The molecule has 0 bridgehead atoms. The Morgan fingerprint density at radius 1 is 1.00 bits per heavy atom. The van der Waals surface area contributed by atoms with E-state index in [-0.39, 0.29) is 87.7 Å². The van der Waals surface area contributed by atoms with Crippen molar-refractivity contribution in [1.82, 2.24) is 0 Å². The van der Waals surface area contributed by atoms with Crippen molar-refractivity contribution in [3.8, 4) is 0 Å². The first-order valence-electron chi connectivity index (χ1n) is 0. The van der Waals surface area contributed by atoms with Gasteiger partial charge in [0.2, 0.25) is 0 Å². The summed E-state index contributed by atoms with van der Waals surface area (Å²) in [5.74, 6) is 0. The van der Waals surface area contributed by atoms with E-state index >= 15 is 0 Å². The fourth-order valence-corrected chi connectivity index (χ4v) is 0. The first-order valence-corrected chi connectivity index (χ1v) is 0. The van der Waals surface area contributed by atoms with Gasteiger partial charge in [0.15, 0.2) is 0 Å². The quantitative estimate of drug-likeness (QED) is 0.391. The molecule has 0 aliphatic heterocycles.